The van der Waals surface area contributed by atoms with Crippen molar-refractivity contribution >= 4 is 23.1 Å². The van der Waals surface area contributed by atoms with E-state index in [9.17, 15) is 19.2 Å². The zero-order valence-corrected chi connectivity index (χ0v) is 25.5. The highest BCUT2D eigenvalue weighted by Gasteiger charge is 2.33. The standard InChI is InChI=1S/C35H28N6O5/c1-21-30(34(44)28-19-39(36-31(28)22(2)42)24-11-7-5-8-12-24)33(38-41(21)26-15-17-27(46-4)18-16-26)35(45)29-20-40(37-32(29)23(3)43)25-13-9-6-10-14-25/h5-20H,1-4H3. The van der Waals surface area contributed by atoms with Crippen molar-refractivity contribution in [1.82, 2.24) is 29.3 Å². The molecule has 228 valence electrons. The van der Waals surface area contributed by atoms with Crippen molar-refractivity contribution in [2.75, 3.05) is 7.11 Å². The van der Waals surface area contributed by atoms with Crippen LogP contribution in [0.3, 0.4) is 0 Å². The highest BCUT2D eigenvalue weighted by atomic mass is 16.5. The van der Waals surface area contributed by atoms with Crippen LogP contribution >= 0.6 is 0 Å². The molecular weight excluding hydrogens is 584 g/mol. The molecule has 0 unspecified atom stereocenters. The minimum absolute atomic E-state index is 0.00885. The zero-order valence-electron chi connectivity index (χ0n) is 25.5. The van der Waals surface area contributed by atoms with E-state index in [1.54, 1.807) is 62.6 Å². The van der Waals surface area contributed by atoms with Crippen molar-refractivity contribution in [2.24, 2.45) is 0 Å². The van der Waals surface area contributed by atoms with Crippen LogP contribution in [0.2, 0.25) is 0 Å². The van der Waals surface area contributed by atoms with E-state index in [1.165, 1.54) is 40.3 Å². The average molecular weight is 613 g/mol. The van der Waals surface area contributed by atoms with Crippen LogP contribution in [0.5, 0.6) is 5.75 Å². The highest BCUT2D eigenvalue weighted by Crippen LogP contribution is 2.28. The first-order chi connectivity index (χ1) is 22.2. The quantitative estimate of drug-likeness (QED) is 0.187. The Hall–Kier alpha value is -6.23. The van der Waals surface area contributed by atoms with Gasteiger partial charge in [-0.25, -0.2) is 14.0 Å². The second-order valence-electron chi connectivity index (χ2n) is 10.5. The van der Waals surface area contributed by atoms with Crippen molar-refractivity contribution < 1.29 is 23.9 Å². The van der Waals surface area contributed by atoms with Crippen molar-refractivity contribution in [3.8, 4) is 22.8 Å². The Balaban J connectivity index is 1.55. The van der Waals surface area contributed by atoms with Gasteiger partial charge in [-0.3, -0.25) is 19.2 Å². The van der Waals surface area contributed by atoms with E-state index in [1.807, 2.05) is 36.4 Å². The first-order valence-corrected chi connectivity index (χ1v) is 14.3. The van der Waals surface area contributed by atoms with Gasteiger partial charge in [0.25, 0.3) is 0 Å². The number of ether oxygens (including phenoxy) is 1. The third-order valence-corrected chi connectivity index (χ3v) is 7.50. The summed E-state index contributed by atoms with van der Waals surface area (Å²) in [7, 11) is 1.55. The fraction of sp³-hybridized carbons (Fsp3) is 0.114. The Morgan fingerprint density at radius 3 is 1.52 bits per heavy atom. The maximum atomic E-state index is 14.5. The predicted molar refractivity (Wildman–Crippen MR) is 169 cm³/mol. The number of methoxy groups -OCH3 is 1. The molecule has 0 aliphatic carbocycles. The molecule has 6 aromatic rings. The van der Waals surface area contributed by atoms with Crippen molar-refractivity contribution in [3.63, 3.8) is 0 Å². The van der Waals surface area contributed by atoms with Gasteiger partial charge in [0.2, 0.25) is 11.6 Å². The van der Waals surface area contributed by atoms with Gasteiger partial charge < -0.3 is 4.74 Å². The normalized spacial score (nSPS) is 11.0. The lowest BCUT2D eigenvalue weighted by Crippen LogP contribution is -2.14. The molecule has 0 saturated heterocycles. The Labute approximate surface area is 263 Å². The van der Waals surface area contributed by atoms with Crippen LogP contribution in [0.1, 0.15) is 72.5 Å². The molecule has 0 bridgehead atoms. The summed E-state index contributed by atoms with van der Waals surface area (Å²) in [5, 5.41) is 13.4. The fourth-order valence-electron chi connectivity index (χ4n) is 5.20. The van der Waals surface area contributed by atoms with Crippen LogP contribution in [0.4, 0.5) is 0 Å². The van der Waals surface area contributed by atoms with Crippen LogP contribution in [0, 0.1) is 6.92 Å². The molecule has 3 aromatic carbocycles. The van der Waals surface area contributed by atoms with Crippen LogP contribution in [-0.4, -0.2) is 59.6 Å². The van der Waals surface area contributed by atoms with E-state index < -0.39 is 23.1 Å². The maximum absolute atomic E-state index is 14.5. The van der Waals surface area contributed by atoms with Gasteiger partial charge in [0.15, 0.2) is 11.6 Å². The van der Waals surface area contributed by atoms with E-state index >= 15 is 0 Å². The molecule has 0 radical (unpaired) electrons. The van der Waals surface area contributed by atoms with Crippen LogP contribution < -0.4 is 4.74 Å². The van der Waals surface area contributed by atoms with Crippen LogP contribution in [-0.2, 0) is 0 Å². The molecule has 0 N–H and O–H groups in total. The number of hydrogen-bond donors (Lipinski definition) is 0. The molecule has 0 aliphatic rings. The third kappa shape index (κ3) is 5.34. The molecule has 0 atom stereocenters. The summed E-state index contributed by atoms with van der Waals surface area (Å²) in [6.07, 6.45) is 2.93. The average Bonchev–Trinajstić information content (AvgIpc) is 3.81. The molecule has 3 heterocycles. The Morgan fingerprint density at radius 2 is 1.07 bits per heavy atom. The van der Waals surface area contributed by atoms with Crippen molar-refractivity contribution in [2.45, 2.75) is 20.8 Å². The summed E-state index contributed by atoms with van der Waals surface area (Å²) in [6, 6.07) is 25.0. The summed E-state index contributed by atoms with van der Waals surface area (Å²) >= 11 is 0. The number of Topliss-reactive ketones (excluding diaryl/α,β-unsaturated/α-hetero) is 2. The number of aromatic nitrogens is 6. The number of nitrogens with zero attached hydrogens (tertiary/aromatic N) is 6. The van der Waals surface area contributed by atoms with E-state index in [2.05, 4.69) is 15.3 Å². The first kappa shape index (κ1) is 29.8. The lowest BCUT2D eigenvalue weighted by molar-refractivity contribution is 0.0976. The van der Waals surface area contributed by atoms with E-state index in [4.69, 9.17) is 4.74 Å². The van der Waals surface area contributed by atoms with Gasteiger partial charge in [-0.2, -0.15) is 15.3 Å². The van der Waals surface area contributed by atoms with E-state index in [-0.39, 0.29) is 33.8 Å². The summed E-state index contributed by atoms with van der Waals surface area (Å²) in [5.41, 5.74) is 1.84. The second kappa shape index (κ2) is 12.0. The number of benzene rings is 3. The monoisotopic (exact) mass is 612 g/mol. The van der Waals surface area contributed by atoms with Crippen LogP contribution in [0.25, 0.3) is 17.1 Å². The number of rotatable bonds is 10. The molecular formula is C35H28N6O5. The summed E-state index contributed by atoms with van der Waals surface area (Å²) in [5.74, 6) is -1.53. The number of carbonyl (C=O) groups is 4. The number of ketones is 4. The minimum Gasteiger partial charge on any atom is -0.497 e. The number of para-hydroxylation sites is 2. The largest absolute Gasteiger partial charge is 0.497 e. The zero-order chi connectivity index (χ0) is 32.5. The maximum Gasteiger partial charge on any atom is 0.217 e. The smallest absolute Gasteiger partial charge is 0.217 e. The molecule has 3 aromatic heterocycles. The molecule has 11 nitrogen and oxygen atoms in total. The third-order valence-electron chi connectivity index (χ3n) is 7.50. The van der Waals surface area contributed by atoms with Gasteiger partial charge in [-0.05, 0) is 55.5 Å². The van der Waals surface area contributed by atoms with Gasteiger partial charge in [0.05, 0.1) is 46.6 Å². The second-order valence-corrected chi connectivity index (χ2v) is 10.5. The van der Waals surface area contributed by atoms with E-state index in [0.717, 1.165) is 0 Å². The Kier molecular flexibility index (Phi) is 7.81. The minimum atomic E-state index is -0.675. The molecule has 0 saturated carbocycles. The highest BCUT2D eigenvalue weighted by molar-refractivity contribution is 6.23. The number of hydrogen-bond acceptors (Lipinski definition) is 8. The van der Waals surface area contributed by atoms with Gasteiger partial charge >= 0.3 is 0 Å². The fourth-order valence-corrected chi connectivity index (χ4v) is 5.20. The molecule has 0 aliphatic heterocycles. The molecule has 0 amide bonds. The Morgan fingerprint density at radius 1 is 0.587 bits per heavy atom. The van der Waals surface area contributed by atoms with Gasteiger partial charge in [-0.15, -0.1) is 0 Å². The SMILES string of the molecule is COc1ccc(-n2nc(C(=O)c3cn(-c4ccccc4)nc3C(C)=O)c(C(=O)c3cn(-c4ccccc4)nc3C(C)=O)c2C)cc1. The Bertz CT molecular complexity index is 2120. The van der Waals surface area contributed by atoms with Gasteiger partial charge in [0.1, 0.15) is 22.8 Å². The molecule has 0 spiro atoms. The summed E-state index contributed by atoms with van der Waals surface area (Å²) in [6.45, 7) is 4.31. The first-order valence-electron chi connectivity index (χ1n) is 14.3. The molecule has 0 fully saturated rings. The lowest BCUT2D eigenvalue weighted by Gasteiger charge is -2.06. The molecule has 11 heteroatoms. The summed E-state index contributed by atoms with van der Waals surface area (Å²) < 4.78 is 9.65. The van der Waals surface area contributed by atoms with Crippen molar-refractivity contribution in [3.05, 3.63) is 137 Å². The van der Waals surface area contributed by atoms with Gasteiger partial charge in [-0.1, -0.05) is 36.4 Å². The lowest BCUT2D eigenvalue weighted by atomic mass is 9.96. The summed E-state index contributed by atoms with van der Waals surface area (Å²) in [4.78, 5) is 54.3. The van der Waals surface area contributed by atoms with Crippen molar-refractivity contribution in [1.29, 1.82) is 0 Å². The van der Waals surface area contributed by atoms with Crippen LogP contribution in [0.15, 0.2) is 97.3 Å². The molecule has 46 heavy (non-hydrogen) atoms. The topological polar surface area (TPSA) is 131 Å². The van der Waals surface area contributed by atoms with Gasteiger partial charge in [0, 0.05) is 26.2 Å². The molecule has 6 rings (SSSR count). The predicted octanol–water partition coefficient (Wildman–Crippen LogP) is 5.43. The van der Waals surface area contributed by atoms with E-state index in [0.29, 0.717) is 28.5 Å². The number of carbonyl (C=O) groups excluding carboxylic acids is 4.